The molecule has 4 atom stereocenters. The average Bonchev–Trinajstić information content (AvgIpc) is 3.21. The van der Waals surface area contributed by atoms with Crippen LogP contribution in [0.25, 0.3) is 0 Å². The van der Waals surface area contributed by atoms with E-state index in [2.05, 4.69) is 5.32 Å². The van der Waals surface area contributed by atoms with Gasteiger partial charge in [-0.15, -0.1) is 11.3 Å². The molecule has 2 fully saturated rings. The third kappa shape index (κ3) is 3.05. The van der Waals surface area contributed by atoms with E-state index < -0.39 is 23.8 Å². The van der Waals surface area contributed by atoms with Crippen molar-refractivity contribution in [3.05, 3.63) is 16.0 Å². The topological polar surface area (TPSA) is 95.5 Å². The number of carbonyl (C=O) groups excluding carboxylic acids is 3. The van der Waals surface area contributed by atoms with Crippen LogP contribution >= 0.6 is 11.3 Å². The van der Waals surface area contributed by atoms with Crippen LogP contribution in [-0.2, 0) is 14.3 Å². The Hall–Kier alpha value is -1.89. The number of thiophene rings is 1. The quantitative estimate of drug-likeness (QED) is 0.805. The lowest BCUT2D eigenvalue weighted by Crippen LogP contribution is -2.44. The Morgan fingerprint density at radius 3 is 2.44 bits per heavy atom. The van der Waals surface area contributed by atoms with Crippen molar-refractivity contribution in [2.75, 3.05) is 11.9 Å². The van der Waals surface area contributed by atoms with E-state index in [4.69, 9.17) is 4.74 Å². The molecule has 1 aromatic rings. The number of nitrogens with one attached hydrogen (secondary N) is 1. The highest BCUT2D eigenvalue weighted by Gasteiger charge is 2.51. The Labute approximate surface area is 150 Å². The molecule has 1 aromatic heterocycles. The lowest BCUT2D eigenvalue weighted by molar-refractivity contribution is -0.314. The molecule has 0 aliphatic heterocycles. The van der Waals surface area contributed by atoms with Gasteiger partial charge in [0.1, 0.15) is 5.00 Å². The fourth-order valence-corrected chi connectivity index (χ4v) is 5.42. The zero-order valence-electron chi connectivity index (χ0n) is 14.6. The summed E-state index contributed by atoms with van der Waals surface area (Å²) in [5.74, 6) is -3.13. The largest absolute Gasteiger partial charge is 0.550 e. The van der Waals surface area contributed by atoms with Crippen LogP contribution in [0.2, 0.25) is 0 Å². The Morgan fingerprint density at radius 1 is 1.20 bits per heavy atom. The number of esters is 1. The maximum absolute atomic E-state index is 12.8. The molecular formula is C18H22NO5S-. The van der Waals surface area contributed by atoms with Crippen molar-refractivity contribution in [1.82, 2.24) is 0 Å². The lowest BCUT2D eigenvalue weighted by Gasteiger charge is -2.30. The molecule has 2 aliphatic carbocycles. The molecule has 25 heavy (non-hydrogen) atoms. The van der Waals surface area contributed by atoms with E-state index in [1.165, 1.54) is 11.3 Å². The van der Waals surface area contributed by atoms with E-state index in [1.54, 1.807) is 6.92 Å². The number of carboxylic acids is 1. The molecule has 0 aromatic carbocycles. The molecule has 0 unspecified atom stereocenters. The van der Waals surface area contributed by atoms with Crippen LogP contribution in [0.1, 0.15) is 47.0 Å². The number of hydrogen-bond donors (Lipinski definition) is 1. The normalized spacial score (nSPS) is 27.3. The number of aryl methyl sites for hydroxylation is 1. The van der Waals surface area contributed by atoms with Gasteiger partial charge in [-0.2, -0.15) is 0 Å². The van der Waals surface area contributed by atoms with Gasteiger partial charge < -0.3 is 20.0 Å². The number of carboxylic acid groups (broad SMARTS) is 1. The summed E-state index contributed by atoms with van der Waals surface area (Å²) in [7, 11) is 0. The second-order valence-corrected chi connectivity index (χ2v) is 8.13. The highest BCUT2D eigenvalue weighted by molar-refractivity contribution is 7.16. The minimum Gasteiger partial charge on any atom is -0.550 e. The van der Waals surface area contributed by atoms with Crippen LogP contribution in [0.15, 0.2) is 0 Å². The molecule has 7 heteroatoms. The summed E-state index contributed by atoms with van der Waals surface area (Å²) in [4.78, 5) is 37.5. The van der Waals surface area contributed by atoms with E-state index in [9.17, 15) is 19.5 Å². The third-order valence-corrected chi connectivity index (χ3v) is 6.72. The summed E-state index contributed by atoms with van der Waals surface area (Å²) in [5, 5.41) is 14.8. The first-order chi connectivity index (χ1) is 11.8. The van der Waals surface area contributed by atoms with Gasteiger partial charge in [0.15, 0.2) is 0 Å². The number of anilines is 1. The van der Waals surface area contributed by atoms with Crippen molar-refractivity contribution in [3.63, 3.8) is 0 Å². The zero-order valence-corrected chi connectivity index (χ0v) is 15.4. The molecule has 3 rings (SSSR count). The van der Waals surface area contributed by atoms with Crippen molar-refractivity contribution in [1.29, 1.82) is 0 Å². The summed E-state index contributed by atoms with van der Waals surface area (Å²) in [6.45, 7) is 5.67. The van der Waals surface area contributed by atoms with E-state index in [0.29, 0.717) is 10.6 Å². The minimum atomic E-state index is -1.14. The molecule has 1 N–H and O–H groups in total. The summed E-state index contributed by atoms with van der Waals surface area (Å²) in [5.41, 5.74) is 1.15. The number of amides is 1. The number of rotatable bonds is 5. The molecule has 1 amide bonds. The number of carbonyl (C=O) groups is 3. The Bertz CT molecular complexity index is 725. The molecule has 136 valence electrons. The van der Waals surface area contributed by atoms with Gasteiger partial charge in [-0.05, 0) is 57.4 Å². The van der Waals surface area contributed by atoms with Gasteiger partial charge in [0.25, 0.3) is 0 Å². The van der Waals surface area contributed by atoms with Crippen molar-refractivity contribution >= 4 is 34.2 Å². The third-order valence-electron chi connectivity index (χ3n) is 5.59. The number of fused-ring (bicyclic) bond motifs is 2. The molecule has 0 saturated heterocycles. The highest BCUT2D eigenvalue weighted by atomic mass is 32.1. The summed E-state index contributed by atoms with van der Waals surface area (Å²) in [6.07, 6.45) is 2.49. The predicted molar refractivity (Wildman–Crippen MR) is 91.2 cm³/mol. The smallest absolute Gasteiger partial charge is 0.341 e. The van der Waals surface area contributed by atoms with Crippen molar-refractivity contribution in [3.8, 4) is 0 Å². The van der Waals surface area contributed by atoms with Crippen LogP contribution in [0.5, 0.6) is 0 Å². The molecule has 0 radical (unpaired) electrons. The fraction of sp³-hybridized carbons (Fsp3) is 0.611. The van der Waals surface area contributed by atoms with Crippen LogP contribution in [0.4, 0.5) is 5.00 Å². The maximum atomic E-state index is 12.8. The maximum Gasteiger partial charge on any atom is 0.341 e. The Kier molecular flexibility index (Phi) is 4.86. The van der Waals surface area contributed by atoms with Gasteiger partial charge in [-0.1, -0.05) is 0 Å². The van der Waals surface area contributed by atoms with Gasteiger partial charge in [0, 0.05) is 22.7 Å². The first-order valence-electron chi connectivity index (χ1n) is 8.63. The van der Waals surface area contributed by atoms with Gasteiger partial charge in [0.2, 0.25) is 5.91 Å². The Balaban J connectivity index is 1.85. The van der Waals surface area contributed by atoms with E-state index in [1.807, 2.05) is 13.8 Å². The van der Waals surface area contributed by atoms with Gasteiger partial charge in [-0.25, -0.2) is 4.79 Å². The van der Waals surface area contributed by atoms with Crippen LogP contribution in [0, 0.1) is 37.5 Å². The molecule has 6 nitrogen and oxygen atoms in total. The monoisotopic (exact) mass is 364 g/mol. The first-order valence-corrected chi connectivity index (χ1v) is 9.45. The SMILES string of the molecule is CCOC(=O)c1c(NC(=O)[C@@H]2[C@@H]3CC[C@@H](C3)[C@@H]2C(=O)[O-])sc(C)c1C. The highest BCUT2D eigenvalue weighted by Crippen LogP contribution is 2.52. The number of aliphatic carboxylic acids is 1. The molecule has 2 aliphatic rings. The van der Waals surface area contributed by atoms with Crippen molar-refractivity contribution in [2.45, 2.75) is 40.0 Å². The molecule has 2 bridgehead atoms. The summed E-state index contributed by atoms with van der Waals surface area (Å²) in [6, 6.07) is 0. The van der Waals surface area contributed by atoms with Gasteiger partial charge in [0.05, 0.1) is 12.2 Å². The van der Waals surface area contributed by atoms with Gasteiger partial charge in [-0.3, -0.25) is 4.79 Å². The van der Waals surface area contributed by atoms with E-state index >= 15 is 0 Å². The molecule has 1 heterocycles. The fourth-order valence-electron chi connectivity index (χ4n) is 4.37. The zero-order chi connectivity index (χ0) is 18.3. The summed E-state index contributed by atoms with van der Waals surface area (Å²) < 4.78 is 5.09. The van der Waals surface area contributed by atoms with Crippen molar-refractivity contribution < 1.29 is 24.2 Å². The minimum absolute atomic E-state index is 0.0297. The van der Waals surface area contributed by atoms with E-state index in [0.717, 1.165) is 29.7 Å². The predicted octanol–water partition coefficient (Wildman–Crippen LogP) is 1.89. The number of ether oxygens (including phenoxy) is 1. The second-order valence-electron chi connectivity index (χ2n) is 6.90. The molecular weight excluding hydrogens is 342 g/mol. The van der Waals surface area contributed by atoms with E-state index in [-0.39, 0.29) is 24.3 Å². The number of hydrogen-bond acceptors (Lipinski definition) is 6. The summed E-state index contributed by atoms with van der Waals surface area (Å²) >= 11 is 1.32. The van der Waals surface area contributed by atoms with Crippen molar-refractivity contribution in [2.24, 2.45) is 23.7 Å². The standard InChI is InChI=1S/C18H23NO5S/c1-4-24-18(23)12-8(2)9(3)25-16(12)19-15(20)13-10-5-6-11(7-10)14(13)17(21)22/h10-11,13-14H,4-7H2,1-3H3,(H,19,20)(H,21,22)/p-1/t10-,11+,13-,14+/m1/s1. The lowest BCUT2D eigenvalue weighted by atomic mass is 9.79. The van der Waals surface area contributed by atoms with Crippen LogP contribution in [-0.4, -0.2) is 24.5 Å². The Morgan fingerprint density at radius 2 is 1.84 bits per heavy atom. The van der Waals surface area contributed by atoms with Gasteiger partial charge >= 0.3 is 5.97 Å². The second kappa shape index (κ2) is 6.78. The molecule has 0 spiro atoms. The average molecular weight is 364 g/mol. The van der Waals surface area contributed by atoms with Crippen LogP contribution < -0.4 is 10.4 Å². The molecule has 2 saturated carbocycles. The first kappa shape index (κ1) is 17.9. The van der Waals surface area contributed by atoms with Crippen LogP contribution in [0.3, 0.4) is 0 Å².